The number of allylic oxidation sites excluding steroid dienone is 5. The van der Waals surface area contributed by atoms with Crippen LogP contribution in [0.15, 0.2) is 36.5 Å². The molecule has 0 aromatic carbocycles. The molecule has 0 heterocycles. The van der Waals surface area contributed by atoms with Gasteiger partial charge in [0, 0.05) is 6.42 Å². The molecule has 3 unspecified atom stereocenters. The standard InChI is InChI=1S/C58H113N2O6P/c1-6-8-10-12-14-16-18-20-22-24-26-27-28-29-30-31-32-34-36-38-40-42-44-46-48-50-52-58(62)59-56(55-66-67(63,64)65-54-53-60(3,4)5)57(61)51-49-47-45-43-41-39-37-35-33-25-23-21-19-17-15-13-11-9-7-2/h29-30,41,43,49,51,56-57,61H,6-28,31-40,42,44-48,50,52-55H2,1-5H3,(H-,59,62,63,64)/b30-29-,43-41+,51-49+. The summed E-state index contributed by atoms with van der Waals surface area (Å²) in [4.78, 5) is 25.5. The van der Waals surface area contributed by atoms with Crippen molar-refractivity contribution in [3.8, 4) is 0 Å². The van der Waals surface area contributed by atoms with E-state index in [0.29, 0.717) is 17.4 Å². The highest BCUT2D eigenvalue weighted by Crippen LogP contribution is 2.38. The molecule has 0 aliphatic carbocycles. The molecular weight excluding hydrogens is 852 g/mol. The predicted molar refractivity (Wildman–Crippen MR) is 288 cm³/mol. The maximum absolute atomic E-state index is 13.0. The summed E-state index contributed by atoms with van der Waals surface area (Å²) in [6, 6.07) is -0.904. The van der Waals surface area contributed by atoms with Gasteiger partial charge in [0.2, 0.25) is 5.91 Å². The Hall–Kier alpha value is -1.28. The zero-order valence-electron chi connectivity index (χ0n) is 45.1. The third kappa shape index (κ3) is 52.4. The van der Waals surface area contributed by atoms with E-state index in [1.54, 1.807) is 6.08 Å². The van der Waals surface area contributed by atoms with Gasteiger partial charge in [-0.05, 0) is 57.8 Å². The molecule has 0 saturated carbocycles. The number of phosphoric ester groups is 1. The van der Waals surface area contributed by atoms with E-state index < -0.39 is 26.6 Å². The molecule has 396 valence electrons. The van der Waals surface area contributed by atoms with Gasteiger partial charge in [-0.1, -0.05) is 249 Å². The number of carbonyl (C=O) groups is 1. The van der Waals surface area contributed by atoms with Crippen molar-refractivity contribution < 1.29 is 32.9 Å². The fourth-order valence-corrected chi connectivity index (χ4v) is 9.24. The maximum Gasteiger partial charge on any atom is 0.268 e. The second-order valence-corrected chi connectivity index (χ2v) is 22.4. The number of amides is 1. The topological polar surface area (TPSA) is 108 Å². The van der Waals surface area contributed by atoms with E-state index in [2.05, 4.69) is 43.5 Å². The second kappa shape index (κ2) is 49.7. The zero-order valence-corrected chi connectivity index (χ0v) is 46.0. The number of unbranched alkanes of at least 4 members (excludes halogenated alkanes) is 36. The number of phosphoric acid groups is 1. The van der Waals surface area contributed by atoms with E-state index in [-0.39, 0.29) is 12.5 Å². The summed E-state index contributed by atoms with van der Waals surface area (Å²) in [6.07, 6.45) is 63.7. The largest absolute Gasteiger partial charge is 0.756 e. The number of nitrogens with one attached hydrogen (secondary N) is 1. The van der Waals surface area contributed by atoms with Gasteiger partial charge in [-0.15, -0.1) is 0 Å². The van der Waals surface area contributed by atoms with Crippen LogP contribution < -0.4 is 10.2 Å². The molecule has 0 radical (unpaired) electrons. The molecule has 0 spiro atoms. The number of carbonyl (C=O) groups excluding carboxylic acids is 1. The summed E-state index contributed by atoms with van der Waals surface area (Å²) >= 11 is 0. The van der Waals surface area contributed by atoms with E-state index >= 15 is 0 Å². The third-order valence-corrected chi connectivity index (χ3v) is 14.0. The molecule has 0 fully saturated rings. The highest BCUT2D eigenvalue weighted by molar-refractivity contribution is 7.45. The smallest absolute Gasteiger partial charge is 0.268 e. The first-order valence-corrected chi connectivity index (χ1v) is 30.3. The van der Waals surface area contributed by atoms with Crippen molar-refractivity contribution >= 4 is 13.7 Å². The van der Waals surface area contributed by atoms with Gasteiger partial charge in [0.25, 0.3) is 7.82 Å². The molecule has 3 atom stereocenters. The Bertz CT molecular complexity index is 1190. The Morgan fingerprint density at radius 3 is 1.21 bits per heavy atom. The van der Waals surface area contributed by atoms with Gasteiger partial charge in [-0.2, -0.15) is 0 Å². The Labute approximate surface area is 417 Å². The summed E-state index contributed by atoms with van der Waals surface area (Å²) in [7, 11) is 1.25. The van der Waals surface area contributed by atoms with Gasteiger partial charge in [-0.3, -0.25) is 9.36 Å². The van der Waals surface area contributed by atoms with Gasteiger partial charge in [0.05, 0.1) is 39.9 Å². The molecule has 67 heavy (non-hydrogen) atoms. The monoisotopic (exact) mass is 965 g/mol. The van der Waals surface area contributed by atoms with Crippen molar-refractivity contribution in [1.29, 1.82) is 0 Å². The summed E-state index contributed by atoms with van der Waals surface area (Å²) in [5.41, 5.74) is 0. The fraction of sp³-hybridized carbons (Fsp3) is 0.879. The fourth-order valence-electron chi connectivity index (χ4n) is 8.52. The normalized spacial score (nSPS) is 14.2. The van der Waals surface area contributed by atoms with Crippen LogP contribution in [-0.2, 0) is 18.4 Å². The number of hydrogen-bond acceptors (Lipinski definition) is 6. The number of quaternary nitrogens is 1. The lowest BCUT2D eigenvalue weighted by Crippen LogP contribution is -2.45. The number of nitrogens with zero attached hydrogens (tertiary/aromatic N) is 1. The van der Waals surface area contributed by atoms with Crippen LogP contribution in [0.25, 0.3) is 0 Å². The summed E-state index contributed by atoms with van der Waals surface area (Å²) in [6.45, 7) is 4.66. The van der Waals surface area contributed by atoms with E-state index in [1.807, 2.05) is 27.2 Å². The lowest BCUT2D eigenvalue weighted by molar-refractivity contribution is -0.870. The average molecular weight is 966 g/mol. The van der Waals surface area contributed by atoms with Crippen LogP contribution in [0.5, 0.6) is 0 Å². The maximum atomic E-state index is 13.0. The van der Waals surface area contributed by atoms with Gasteiger partial charge in [0.1, 0.15) is 13.2 Å². The van der Waals surface area contributed by atoms with Crippen LogP contribution in [0.2, 0.25) is 0 Å². The van der Waals surface area contributed by atoms with Crippen molar-refractivity contribution in [2.24, 2.45) is 0 Å². The predicted octanol–water partition coefficient (Wildman–Crippen LogP) is 16.7. The molecule has 0 aromatic heterocycles. The lowest BCUT2D eigenvalue weighted by atomic mass is 10.0. The Morgan fingerprint density at radius 1 is 0.507 bits per heavy atom. The number of rotatable bonds is 53. The first-order valence-electron chi connectivity index (χ1n) is 28.9. The van der Waals surface area contributed by atoms with Crippen molar-refractivity contribution in [2.75, 3.05) is 40.9 Å². The first-order chi connectivity index (χ1) is 32.5. The van der Waals surface area contributed by atoms with Crippen molar-refractivity contribution in [3.63, 3.8) is 0 Å². The van der Waals surface area contributed by atoms with Crippen molar-refractivity contribution in [2.45, 2.75) is 289 Å². The molecular formula is C58H113N2O6P. The van der Waals surface area contributed by atoms with Gasteiger partial charge >= 0.3 is 0 Å². The third-order valence-electron chi connectivity index (χ3n) is 13.1. The lowest BCUT2D eigenvalue weighted by Gasteiger charge is -2.29. The molecule has 0 aromatic rings. The SMILES string of the molecule is CCCCCCCCCCCCCC/C=C\CCCCCCCCCCCCC(=O)NC(COP(=O)([O-])OCC[N+](C)(C)C)C(O)/C=C/CC/C=C/CCCCCCCCCCCCCCC. The van der Waals surface area contributed by atoms with Crippen LogP contribution in [0.4, 0.5) is 0 Å². The Balaban J connectivity index is 4.22. The number of aliphatic hydroxyl groups excluding tert-OH is 1. The second-order valence-electron chi connectivity index (χ2n) is 21.0. The molecule has 0 rings (SSSR count). The minimum absolute atomic E-state index is 0.00589. The van der Waals surface area contributed by atoms with Crippen LogP contribution in [0.3, 0.4) is 0 Å². The van der Waals surface area contributed by atoms with Crippen LogP contribution in [0.1, 0.15) is 277 Å². The number of likely N-dealkylation sites (N-methyl/N-ethyl adjacent to an activating group) is 1. The molecule has 0 bridgehead atoms. The zero-order chi connectivity index (χ0) is 49.2. The van der Waals surface area contributed by atoms with E-state index in [0.717, 1.165) is 38.5 Å². The van der Waals surface area contributed by atoms with Crippen molar-refractivity contribution in [1.82, 2.24) is 5.32 Å². The first kappa shape index (κ1) is 65.7. The van der Waals surface area contributed by atoms with Crippen molar-refractivity contribution in [3.05, 3.63) is 36.5 Å². The van der Waals surface area contributed by atoms with Crippen LogP contribution >= 0.6 is 7.82 Å². The summed E-state index contributed by atoms with van der Waals surface area (Å²) < 4.78 is 23.3. The molecule has 0 aliphatic rings. The number of hydrogen-bond donors (Lipinski definition) is 2. The van der Waals surface area contributed by atoms with E-state index in [1.165, 1.54) is 218 Å². The Morgan fingerprint density at radius 2 is 0.836 bits per heavy atom. The molecule has 0 saturated heterocycles. The number of aliphatic hydroxyl groups is 1. The van der Waals surface area contributed by atoms with Crippen LogP contribution in [-0.4, -0.2) is 68.5 Å². The minimum Gasteiger partial charge on any atom is -0.756 e. The van der Waals surface area contributed by atoms with Gasteiger partial charge in [-0.25, -0.2) is 0 Å². The summed E-state index contributed by atoms with van der Waals surface area (Å²) in [5, 5.41) is 13.9. The van der Waals surface area contributed by atoms with Gasteiger partial charge < -0.3 is 28.8 Å². The molecule has 2 N–H and O–H groups in total. The molecule has 1 amide bonds. The molecule has 9 heteroatoms. The highest BCUT2D eigenvalue weighted by Gasteiger charge is 2.23. The highest BCUT2D eigenvalue weighted by atomic mass is 31.2. The molecule has 0 aliphatic heterocycles. The molecule has 8 nitrogen and oxygen atoms in total. The van der Waals surface area contributed by atoms with Crippen LogP contribution in [0, 0.1) is 0 Å². The Kier molecular flexibility index (Phi) is 48.7. The average Bonchev–Trinajstić information content (AvgIpc) is 3.29. The van der Waals surface area contributed by atoms with E-state index in [4.69, 9.17) is 9.05 Å². The summed E-state index contributed by atoms with van der Waals surface area (Å²) in [5.74, 6) is -0.206. The van der Waals surface area contributed by atoms with Gasteiger partial charge in [0.15, 0.2) is 0 Å². The quantitative estimate of drug-likeness (QED) is 0.0272. The van der Waals surface area contributed by atoms with E-state index in [9.17, 15) is 19.4 Å². The minimum atomic E-state index is -4.60.